The molecule has 0 spiro atoms. The molecule has 158 valence electrons. The van der Waals surface area contributed by atoms with Gasteiger partial charge in [0.05, 0.1) is 10.8 Å². The average Bonchev–Trinajstić information content (AvgIpc) is 3.14. The fraction of sp³-hybridized carbons (Fsp3) is 0.238. The normalized spacial score (nSPS) is 14.6. The van der Waals surface area contributed by atoms with E-state index in [2.05, 4.69) is 31.1 Å². The lowest BCUT2D eigenvalue weighted by Crippen LogP contribution is -2.24. The Morgan fingerprint density at radius 2 is 2.10 bits per heavy atom. The maximum Gasteiger partial charge on any atom is 0.251 e. The van der Waals surface area contributed by atoms with Crippen molar-refractivity contribution in [2.75, 3.05) is 5.32 Å². The van der Waals surface area contributed by atoms with Crippen LogP contribution in [0.4, 0.5) is 5.00 Å². The summed E-state index contributed by atoms with van der Waals surface area (Å²) in [5.74, 6) is 0.0342. The summed E-state index contributed by atoms with van der Waals surface area (Å²) in [5.41, 5.74) is 7.74. The van der Waals surface area contributed by atoms with Gasteiger partial charge in [-0.1, -0.05) is 30.0 Å². The van der Waals surface area contributed by atoms with Gasteiger partial charge in [-0.3, -0.25) is 14.2 Å². The van der Waals surface area contributed by atoms with Gasteiger partial charge in [0.15, 0.2) is 11.0 Å². The molecule has 1 atom stereocenters. The number of nitrogens with two attached hydrogens (primary N) is 1. The number of fused-ring (bicyclic) bond motifs is 1. The lowest BCUT2D eigenvalue weighted by Gasteiger charge is -2.13. The van der Waals surface area contributed by atoms with E-state index in [4.69, 9.17) is 5.73 Å². The van der Waals surface area contributed by atoms with E-state index in [1.54, 1.807) is 11.4 Å². The highest BCUT2D eigenvalue weighted by Crippen LogP contribution is 2.43. The Balaban J connectivity index is 1.40. The van der Waals surface area contributed by atoms with Crippen LogP contribution in [-0.2, 0) is 4.79 Å². The van der Waals surface area contributed by atoms with Gasteiger partial charge >= 0.3 is 0 Å². The predicted molar refractivity (Wildman–Crippen MR) is 122 cm³/mol. The molecule has 8 nitrogen and oxygen atoms in total. The van der Waals surface area contributed by atoms with Crippen molar-refractivity contribution in [1.82, 2.24) is 19.7 Å². The van der Waals surface area contributed by atoms with E-state index in [0.717, 1.165) is 35.1 Å². The molecule has 31 heavy (non-hydrogen) atoms. The van der Waals surface area contributed by atoms with Crippen LogP contribution >= 0.6 is 23.1 Å². The molecular formula is C21H20N6O2S2. The van der Waals surface area contributed by atoms with Crippen LogP contribution in [0.15, 0.2) is 47.1 Å². The molecule has 0 saturated heterocycles. The van der Waals surface area contributed by atoms with E-state index in [1.807, 2.05) is 31.3 Å². The number of thioether (sulfide) groups is 1. The number of carbonyl (C=O) groups excluding carboxylic acids is 2. The number of thiophene rings is 1. The Labute approximate surface area is 186 Å². The highest BCUT2D eigenvalue weighted by Gasteiger charge is 2.32. The number of carbonyl (C=O) groups is 2. The summed E-state index contributed by atoms with van der Waals surface area (Å²) in [6, 6.07) is 10.0. The molecule has 1 aliphatic carbocycles. The van der Waals surface area contributed by atoms with E-state index in [-0.39, 0.29) is 5.91 Å². The summed E-state index contributed by atoms with van der Waals surface area (Å²) >= 11 is 2.63. The topological polar surface area (TPSA) is 119 Å². The molecule has 4 aromatic rings. The predicted octanol–water partition coefficient (Wildman–Crippen LogP) is 4.04. The molecule has 1 aliphatic rings. The molecule has 4 N–H and O–H groups in total. The number of hydrogen-bond acceptors (Lipinski definition) is 6. The van der Waals surface area contributed by atoms with Gasteiger partial charge in [0.1, 0.15) is 5.00 Å². The third-order valence-corrected chi connectivity index (χ3v) is 7.11. The Hall–Kier alpha value is -3.11. The molecule has 5 rings (SSSR count). The van der Waals surface area contributed by atoms with E-state index in [9.17, 15) is 9.59 Å². The standard InChI is InChI=1S/C21H20N6O2S2/c1-11(19(29)24-20-14(17(22)28)8-9-30-20)31-21-26-25-18(27(21)12-6-7-12)15-10-23-16-5-3-2-4-13(15)16/h2-5,8-12,23H,6-7H2,1H3,(H2,22,28)(H,24,29)/t11-/m0/s1. The van der Waals surface area contributed by atoms with Crippen LogP contribution in [0.3, 0.4) is 0 Å². The summed E-state index contributed by atoms with van der Waals surface area (Å²) < 4.78 is 2.14. The van der Waals surface area contributed by atoms with Crippen molar-refractivity contribution in [1.29, 1.82) is 0 Å². The fourth-order valence-corrected chi connectivity index (χ4v) is 5.20. The highest BCUT2D eigenvalue weighted by molar-refractivity contribution is 8.00. The number of aromatic nitrogens is 4. The van der Waals surface area contributed by atoms with Crippen molar-refractivity contribution in [2.45, 2.75) is 36.2 Å². The maximum atomic E-state index is 12.8. The molecule has 2 amide bonds. The molecule has 1 aromatic carbocycles. The van der Waals surface area contributed by atoms with Crippen molar-refractivity contribution in [3.8, 4) is 11.4 Å². The molecule has 3 aromatic heterocycles. The fourth-order valence-electron chi connectivity index (χ4n) is 3.48. The first-order valence-electron chi connectivity index (χ1n) is 9.89. The van der Waals surface area contributed by atoms with E-state index >= 15 is 0 Å². The zero-order valence-corrected chi connectivity index (χ0v) is 18.3. The van der Waals surface area contributed by atoms with Crippen LogP contribution in [0.1, 0.15) is 36.2 Å². The van der Waals surface area contributed by atoms with Crippen molar-refractivity contribution >= 4 is 50.8 Å². The Morgan fingerprint density at radius 3 is 2.87 bits per heavy atom. The molecular weight excluding hydrogens is 432 g/mol. The largest absolute Gasteiger partial charge is 0.366 e. The smallest absolute Gasteiger partial charge is 0.251 e. The molecule has 0 bridgehead atoms. The lowest BCUT2D eigenvalue weighted by molar-refractivity contribution is -0.115. The number of aromatic amines is 1. The number of anilines is 1. The molecule has 1 saturated carbocycles. The monoisotopic (exact) mass is 452 g/mol. The number of amides is 2. The second-order valence-electron chi connectivity index (χ2n) is 7.43. The number of para-hydroxylation sites is 1. The van der Waals surface area contributed by atoms with Crippen molar-refractivity contribution in [3.05, 3.63) is 47.5 Å². The van der Waals surface area contributed by atoms with Crippen LogP contribution in [0.25, 0.3) is 22.3 Å². The second kappa shape index (κ2) is 7.86. The van der Waals surface area contributed by atoms with Crippen LogP contribution in [0, 0.1) is 0 Å². The van der Waals surface area contributed by atoms with Crippen LogP contribution in [0.2, 0.25) is 0 Å². The van der Waals surface area contributed by atoms with Crippen LogP contribution in [-0.4, -0.2) is 36.8 Å². The number of hydrogen-bond donors (Lipinski definition) is 3. The van der Waals surface area contributed by atoms with Gasteiger partial charge in [-0.2, -0.15) is 0 Å². The van der Waals surface area contributed by atoms with Gasteiger partial charge in [-0.05, 0) is 37.3 Å². The zero-order chi connectivity index (χ0) is 21.5. The quantitative estimate of drug-likeness (QED) is 0.366. The highest BCUT2D eigenvalue weighted by atomic mass is 32.2. The Kier molecular flexibility index (Phi) is 5.03. The van der Waals surface area contributed by atoms with Crippen LogP contribution in [0.5, 0.6) is 0 Å². The SMILES string of the molecule is C[C@H](Sc1nnc(-c2c[nH]c3ccccc23)n1C1CC1)C(=O)Nc1sccc1C(N)=O. The van der Waals surface area contributed by atoms with Gasteiger partial charge in [-0.15, -0.1) is 21.5 Å². The number of nitrogens with one attached hydrogen (secondary N) is 2. The molecule has 0 radical (unpaired) electrons. The minimum atomic E-state index is -0.561. The zero-order valence-electron chi connectivity index (χ0n) is 16.7. The molecule has 3 heterocycles. The third-order valence-electron chi connectivity index (χ3n) is 5.23. The lowest BCUT2D eigenvalue weighted by atomic mass is 10.1. The Morgan fingerprint density at radius 1 is 1.29 bits per heavy atom. The molecule has 0 unspecified atom stereocenters. The summed E-state index contributed by atoms with van der Waals surface area (Å²) in [4.78, 5) is 27.6. The molecule has 0 aliphatic heterocycles. The Bertz CT molecular complexity index is 1290. The van der Waals surface area contributed by atoms with Gasteiger partial charge in [-0.25, -0.2) is 0 Å². The van der Waals surface area contributed by atoms with E-state index in [0.29, 0.717) is 21.8 Å². The number of H-pyrrole nitrogens is 1. The minimum Gasteiger partial charge on any atom is -0.366 e. The average molecular weight is 453 g/mol. The van der Waals surface area contributed by atoms with E-state index < -0.39 is 11.2 Å². The van der Waals surface area contributed by atoms with Gasteiger partial charge in [0.2, 0.25) is 5.91 Å². The second-order valence-corrected chi connectivity index (χ2v) is 9.66. The summed E-state index contributed by atoms with van der Waals surface area (Å²) in [5, 5.41) is 15.3. The number of primary amides is 1. The summed E-state index contributed by atoms with van der Waals surface area (Å²) in [6.45, 7) is 1.81. The van der Waals surface area contributed by atoms with Crippen molar-refractivity contribution < 1.29 is 9.59 Å². The van der Waals surface area contributed by atoms with Crippen LogP contribution < -0.4 is 11.1 Å². The van der Waals surface area contributed by atoms with Gasteiger partial charge in [0, 0.05) is 28.7 Å². The molecule has 1 fully saturated rings. The summed E-state index contributed by atoms with van der Waals surface area (Å²) in [6.07, 6.45) is 4.09. The molecule has 10 heteroatoms. The van der Waals surface area contributed by atoms with Crippen molar-refractivity contribution in [3.63, 3.8) is 0 Å². The number of rotatable bonds is 7. The third kappa shape index (κ3) is 3.72. The first kappa shape index (κ1) is 19.8. The van der Waals surface area contributed by atoms with Gasteiger partial charge < -0.3 is 16.0 Å². The maximum absolute atomic E-state index is 12.8. The van der Waals surface area contributed by atoms with Crippen molar-refractivity contribution in [2.24, 2.45) is 5.73 Å². The van der Waals surface area contributed by atoms with Gasteiger partial charge in [0.25, 0.3) is 5.91 Å². The first-order valence-corrected chi connectivity index (χ1v) is 11.6. The number of nitrogens with zero attached hydrogens (tertiary/aromatic N) is 3. The minimum absolute atomic E-state index is 0.214. The summed E-state index contributed by atoms with van der Waals surface area (Å²) in [7, 11) is 0. The first-order chi connectivity index (χ1) is 15.0. The van der Waals surface area contributed by atoms with E-state index in [1.165, 1.54) is 23.1 Å². The number of benzene rings is 1.